The van der Waals surface area contributed by atoms with Crippen molar-refractivity contribution < 1.29 is 9.72 Å². The first kappa shape index (κ1) is 22.2. The van der Waals surface area contributed by atoms with Crippen LogP contribution in [0.4, 0.5) is 11.4 Å². The Balaban J connectivity index is 1.31. The van der Waals surface area contributed by atoms with Crippen molar-refractivity contribution in [2.24, 2.45) is 0 Å². The number of benzene rings is 3. The fourth-order valence-corrected chi connectivity index (χ4v) is 4.82. The minimum Gasteiger partial charge on any atom is -0.325 e. The van der Waals surface area contributed by atoms with E-state index >= 15 is 0 Å². The zero-order valence-electron chi connectivity index (χ0n) is 16.5. The van der Waals surface area contributed by atoms with Gasteiger partial charge in [0.25, 0.3) is 5.69 Å². The molecule has 0 radical (unpaired) electrons. The fraction of sp³-hybridized carbons (Fsp3) is 0.0435. The van der Waals surface area contributed by atoms with Crippen LogP contribution in [0, 0.1) is 10.1 Å². The van der Waals surface area contributed by atoms with Crippen molar-refractivity contribution in [1.82, 2.24) is 4.98 Å². The molecule has 0 atom stereocenters. The summed E-state index contributed by atoms with van der Waals surface area (Å²) in [5.74, 6) is 0.149. The number of thioether (sulfide) groups is 1. The molecule has 0 unspecified atom stereocenters. The Morgan fingerprint density at radius 2 is 1.56 bits per heavy atom. The molecule has 3 aromatic carbocycles. The first-order chi connectivity index (χ1) is 15.5. The second kappa shape index (κ2) is 10.1. The summed E-state index contributed by atoms with van der Waals surface area (Å²) >= 11 is 6.34. The van der Waals surface area contributed by atoms with Crippen LogP contribution in [0.15, 0.2) is 87.0 Å². The van der Waals surface area contributed by atoms with Gasteiger partial charge in [-0.2, -0.15) is 0 Å². The van der Waals surface area contributed by atoms with Crippen LogP contribution >= 0.6 is 39.0 Å². The summed E-state index contributed by atoms with van der Waals surface area (Å²) in [6, 6.07) is 21.7. The molecule has 0 fully saturated rings. The molecule has 0 aliphatic heterocycles. The van der Waals surface area contributed by atoms with Crippen LogP contribution in [0.2, 0.25) is 0 Å². The van der Waals surface area contributed by atoms with Crippen molar-refractivity contribution in [3.05, 3.63) is 92.8 Å². The average molecular weight is 526 g/mol. The predicted molar refractivity (Wildman–Crippen MR) is 133 cm³/mol. The lowest BCUT2D eigenvalue weighted by Crippen LogP contribution is -2.13. The van der Waals surface area contributed by atoms with E-state index in [9.17, 15) is 14.9 Å². The van der Waals surface area contributed by atoms with Crippen molar-refractivity contribution in [2.75, 3.05) is 11.1 Å². The standard InChI is InChI=1S/C23H16BrN3O3S2/c24-18-7-1-17(2-8-18)21-13-31-23(26-21)32-14-22(28)25-19-9-3-15(4-10-19)16-5-11-20(12-6-16)27(29)30/h1-13H,14H2,(H,25,28). The summed E-state index contributed by atoms with van der Waals surface area (Å²) < 4.78 is 1.86. The molecule has 1 amide bonds. The van der Waals surface area contributed by atoms with Crippen LogP contribution in [0.3, 0.4) is 0 Å². The summed E-state index contributed by atoms with van der Waals surface area (Å²) in [7, 11) is 0. The van der Waals surface area contributed by atoms with E-state index in [1.54, 1.807) is 12.1 Å². The summed E-state index contributed by atoms with van der Waals surface area (Å²) in [4.78, 5) is 27.3. The van der Waals surface area contributed by atoms with Crippen molar-refractivity contribution in [3.63, 3.8) is 0 Å². The van der Waals surface area contributed by atoms with Gasteiger partial charge >= 0.3 is 0 Å². The number of nitro benzene ring substituents is 1. The molecule has 4 rings (SSSR count). The van der Waals surface area contributed by atoms with Crippen LogP contribution in [0.5, 0.6) is 0 Å². The monoisotopic (exact) mass is 525 g/mol. The lowest BCUT2D eigenvalue weighted by atomic mass is 10.1. The normalized spacial score (nSPS) is 10.7. The predicted octanol–water partition coefficient (Wildman–Crippen LogP) is 6.88. The van der Waals surface area contributed by atoms with Crippen LogP contribution < -0.4 is 5.32 Å². The number of non-ortho nitro benzene ring substituents is 1. The maximum Gasteiger partial charge on any atom is 0.269 e. The number of halogens is 1. The topological polar surface area (TPSA) is 85.1 Å². The molecule has 0 aliphatic rings. The third kappa shape index (κ3) is 5.61. The summed E-state index contributed by atoms with van der Waals surface area (Å²) in [5, 5.41) is 15.6. The lowest BCUT2D eigenvalue weighted by molar-refractivity contribution is -0.384. The number of anilines is 1. The second-order valence-electron chi connectivity index (χ2n) is 6.72. The van der Waals surface area contributed by atoms with E-state index in [4.69, 9.17) is 0 Å². The molecule has 0 saturated heterocycles. The van der Waals surface area contributed by atoms with E-state index in [1.807, 2.05) is 53.9 Å². The number of nitro groups is 1. The molecule has 1 aromatic heterocycles. The number of rotatable bonds is 7. The van der Waals surface area contributed by atoms with Gasteiger partial charge in [-0.3, -0.25) is 14.9 Å². The van der Waals surface area contributed by atoms with E-state index < -0.39 is 4.92 Å². The average Bonchev–Trinajstić information content (AvgIpc) is 3.28. The van der Waals surface area contributed by atoms with E-state index in [0.29, 0.717) is 5.69 Å². The third-order valence-electron chi connectivity index (χ3n) is 4.53. The largest absolute Gasteiger partial charge is 0.325 e. The summed E-state index contributed by atoms with van der Waals surface area (Å²) in [5.41, 5.74) is 4.46. The maximum atomic E-state index is 12.3. The number of hydrogen-bond donors (Lipinski definition) is 1. The summed E-state index contributed by atoms with van der Waals surface area (Å²) in [6.45, 7) is 0. The smallest absolute Gasteiger partial charge is 0.269 e. The zero-order valence-corrected chi connectivity index (χ0v) is 19.7. The first-order valence-electron chi connectivity index (χ1n) is 9.47. The van der Waals surface area contributed by atoms with Gasteiger partial charge in [0.1, 0.15) is 0 Å². The number of nitrogens with zero attached hydrogens (tertiary/aromatic N) is 2. The van der Waals surface area contributed by atoms with E-state index in [2.05, 4.69) is 26.2 Å². The molecule has 0 aliphatic carbocycles. The molecule has 32 heavy (non-hydrogen) atoms. The summed E-state index contributed by atoms with van der Waals surface area (Å²) in [6.07, 6.45) is 0. The van der Waals surface area contributed by atoms with Crippen LogP contribution in [0.25, 0.3) is 22.4 Å². The number of carbonyl (C=O) groups is 1. The molecular formula is C23H16BrN3O3S2. The van der Waals surface area contributed by atoms with E-state index in [1.165, 1.54) is 35.2 Å². The van der Waals surface area contributed by atoms with Gasteiger partial charge in [-0.1, -0.05) is 52.0 Å². The quantitative estimate of drug-likeness (QED) is 0.161. The third-order valence-corrected chi connectivity index (χ3v) is 7.08. The Morgan fingerprint density at radius 1 is 0.969 bits per heavy atom. The lowest BCUT2D eigenvalue weighted by Gasteiger charge is -2.06. The van der Waals surface area contributed by atoms with E-state index in [0.717, 1.165) is 31.2 Å². The molecule has 1 N–H and O–H groups in total. The zero-order chi connectivity index (χ0) is 22.5. The molecule has 6 nitrogen and oxygen atoms in total. The number of hydrogen-bond acceptors (Lipinski definition) is 6. The van der Waals surface area contributed by atoms with Crippen molar-refractivity contribution in [1.29, 1.82) is 0 Å². The van der Waals surface area contributed by atoms with Gasteiger partial charge in [-0.05, 0) is 47.5 Å². The highest BCUT2D eigenvalue weighted by atomic mass is 79.9. The maximum absolute atomic E-state index is 12.3. The molecule has 0 bridgehead atoms. The minimum absolute atomic E-state index is 0.0549. The van der Waals surface area contributed by atoms with Gasteiger partial charge in [0, 0.05) is 33.2 Å². The van der Waals surface area contributed by atoms with Crippen molar-refractivity contribution in [2.45, 2.75) is 4.34 Å². The highest BCUT2D eigenvalue weighted by Crippen LogP contribution is 2.29. The Labute approximate surface area is 201 Å². The minimum atomic E-state index is -0.423. The number of carbonyl (C=O) groups excluding carboxylic acids is 1. The van der Waals surface area contributed by atoms with E-state index in [-0.39, 0.29) is 17.3 Å². The van der Waals surface area contributed by atoms with Crippen LogP contribution in [0.1, 0.15) is 0 Å². The molecular weight excluding hydrogens is 510 g/mol. The Morgan fingerprint density at radius 3 is 2.19 bits per heavy atom. The molecule has 0 saturated carbocycles. The number of nitrogens with one attached hydrogen (secondary N) is 1. The Kier molecular flexibility index (Phi) is 6.99. The number of thiazole rings is 1. The van der Waals surface area contributed by atoms with Gasteiger partial charge in [-0.15, -0.1) is 11.3 Å². The molecule has 4 aromatic rings. The van der Waals surface area contributed by atoms with Crippen LogP contribution in [-0.2, 0) is 4.79 Å². The Hall–Kier alpha value is -3.01. The number of amides is 1. The first-order valence-corrected chi connectivity index (χ1v) is 12.1. The molecule has 1 heterocycles. The van der Waals surface area contributed by atoms with Gasteiger partial charge in [-0.25, -0.2) is 4.98 Å². The van der Waals surface area contributed by atoms with Crippen molar-refractivity contribution in [3.8, 4) is 22.4 Å². The fourth-order valence-electron chi connectivity index (χ4n) is 2.92. The molecule has 160 valence electrons. The van der Waals surface area contributed by atoms with Gasteiger partial charge in [0.2, 0.25) is 5.91 Å². The van der Waals surface area contributed by atoms with Gasteiger partial charge in [0.05, 0.1) is 16.4 Å². The van der Waals surface area contributed by atoms with Crippen LogP contribution in [-0.4, -0.2) is 21.6 Å². The molecule has 0 spiro atoms. The highest BCUT2D eigenvalue weighted by molar-refractivity contribution is 9.10. The van der Waals surface area contributed by atoms with Gasteiger partial charge in [0.15, 0.2) is 4.34 Å². The van der Waals surface area contributed by atoms with Gasteiger partial charge < -0.3 is 5.32 Å². The number of aromatic nitrogens is 1. The van der Waals surface area contributed by atoms with Crippen molar-refractivity contribution >= 4 is 56.3 Å². The SMILES string of the molecule is O=C(CSc1nc(-c2ccc(Br)cc2)cs1)Nc1ccc(-c2ccc([N+](=O)[O-])cc2)cc1. The highest BCUT2D eigenvalue weighted by Gasteiger charge is 2.09. The molecule has 9 heteroatoms. The second-order valence-corrected chi connectivity index (χ2v) is 9.72. The Bertz CT molecular complexity index is 1240.